The Morgan fingerprint density at radius 2 is 1.55 bits per heavy atom. The maximum Gasteiger partial charge on any atom is 0.271 e. The lowest BCUT2D eigenvalue weighted by atomic mass is 10.1. The SMILES string of the molecule is CC(=NNC(=O)c1ccc(C)cc1)c1ccc(Br)cc1. The van der Waals surface area contributed by atoms with Gasteiger partial charge in [-0.05, 0) is 43.7 Å². The molecule has 0 aliphatic heterocycles. The molecule has 0 radical (unpaired) electrons. The highest BCUT2D eigenvalue weighted by Crippen LogP contribution is 2.11. The van der Waals surface area contributed by atoms with Gasteiger partial charge in [0.05, 0.1) is 5.71 Å². The summed E-state index contributed by atoms with van der Waals surface area (Å²) in [5, 5.41) is 4.12. The average molecular weight is 331 g/mol. The Bertz CT molecular complexity index is 631. The Balaban J connectivity index is 2.06. The predicted molar refractivity (Wildman–Crippen MR) is 85.0 cm³/mol. The summed E-state index contributed by atoms with van der Waals surface area (Å²) in [7, 11) is 0. The highest BCUT2D eigenvalue weighted by molar-refractivity contribution is 9.10. The number of nitrogens with zero attached hydrogens (tertiary/aromatic N) is 1. The monoisotopic (exact) mass is 330 g/mol. The van der Waals surface area contributed by atoms with E-state index in [1.165, 1.54) is 0 Å². The standard InChI is InChI=1S/C16H15BrN2O/c1-11-3-5-14(6-4-11)16(20)19-18-12(2)13-7-9-15(17)10-8-13/h3-10H,1-2H3,(H,19,20). The van der Waals surface area contributed by atoms with Gasteiger partial charge in [0.25, 0.3) is 5.91 Å². The second-order valence-corrected chi connectivity index (χ2v) is 5.43. The first-order valence-corrected chi connectivity index (χ1v) is 7.03. The van der Waals surface area contributed by atoms with Crippen molar-refractivity contribution >= 4 is 27.5 Å². The molecule has 2 aromatic rings. The third-order valence-electron chi connectivity index (χ3n) is 2.90. The van der Waals surface area contributed by atoms with E-state index in [2.05, 4.69) is 26.5 Å². The molecule has 2 rings (SSSR count). The first kappa shape index (κ1) is 14.5. The molecule has 4 heteroatoms. The van der Waals surface area contributed by atoms with E-state index in [0.29, 0.717) is 5.56 Å². The van der Waals surface area contributed by atoms with E-state index in [-0.39, 0.29) is 5.91 Å². The minimum atomic E-state index is -0.207. The van der Waals surface area contributed by atoms with Gasteiger partial charge in [-0.1, -0.05) is 45.8 Å². The molecular weight excluding hydrogens is 316 g/mol. The Labute approximate surface area is 126 Å². The summed E-state index contributed by atoms with van der Waals surface area (Å²) in [6.45, 7) is 3.84. The zero-order valence-corrected chi connectivity index (χ0v) is 12.9. The molecule has 0 fully saturated rings. The van der Waals surface area contributed by atoms with E-state index in [1.807, 2.05) is 50.2 Å². The largest absolute Gasteiger partial charge is 0.271 e. The number of hydrogen-bond acceptors (Lipinski definition) is 2. The smallest absolute Gasteiger partial charge is 0.267 e. The van der Waals surface area contributed by atoms with E-state index in [9.17, 15) is 4.79 Å². The van der Waals surface area contributed by atoms with Gasteiger partial charge >= 0.3 is 0 Å². The number of rotatable bonds is 3. The zero-order chi connectivity index (χ0) is 14.5. The Morgan fingerprint density at radius 3 is 2.15 bits per heavy atom. The van der Waals surface area contributed by atoms with Crippen LogP contribution in [0.1, 0.15) is 28.4 Å². The Morgan fingerprint density at radius 1 is 1.00 bits per heavy atom. The topological polar surface area (TPSA) is 41.5 Å². The first-order valence-electron chi connectivity index (χ1n) is 6.23. The number of aryl methyl sites for hydroxylation is 1. The normalized spacial score (nSPS) is 11.2. The van der Waals surface area contributed by atoms with Gasteiger partial charge < -0.3 is 0 Å². The van der Waals surface area contributed by atoms with Crippen LogP contribution in [0.25, 0.3) is 0 Å². The van der Waals surface area contributed by atoms with Gasteiger partial charge in [0, 0.05) is 10.0 Å². The molecular formula is C16H15BrN2O. The molecule has 0 unspecified atom stereocenters. The molecule has 0 aromatic heterocycles. The Kier molecular flexibility index (Phi) is 4.69. The third kappa shape index (κ3) is 3.78. The molecule has 2 aromatic carbocycles. The quantitative estimate of drug-likeness (QED) is 0.672. The number of carbonyl (C=O) groups excluding carboxylic acids is 1. The molecule has 3 nitrogen and oxygen atoms in total. The second-order valence-electron chi connectivity index (χ2n) is 4.51. The van der Waals surface area contributed by atoms with Crippen LogP contribution in [0.15, 0.2) is 58.1 Å². The highest BCUT2D eigenvalue weighted by atomic mass is 79.9. The third-order valence-corrected chi connectivity index (χ3v) is 3.43. The summed E-state index contributed by atoms with van der Waals surface area (Å²) in [6, 6.07) is 15.2. The molecule has 0 aliphatic rings. The summed E-state index contributed by atoms with van der Waals surface area (Å²) in [5.41, 5.74) is 6.02. The van der Waals surface area contributed by atoms with Crippen LogP contribution < -0.4 is 5.43 Å². The Hall–Kier alpha value is -1.94. The van der Waals surface area contributed by atoms with Gasteiger partial charge in [-0.3, -0.25) is 4.79 Å². The van der Waals surface area contributed by atoms with Gasteiger partial charge in [0.15, 0.2) is 0 Å². The van der Waals surface area contributed by atoms with Crippen molar-refractivity contribution in [3.63, 3.8) is 0 Å². The van der Waals surface area contributed by atoms with Gasteiger partial charge in [0.2, 0.25) is 0 Å². The van der Waals surface area contributed by atoms with Crippen LogP contribution in [0.3, 0.4) is 0 Å². The van der Waals surface area contributed by atoms with Gasteiger partial charge in [-0.25, -0.2) is 5.43 Å². The molecule has 102 valence electrons. The number of nitrogens with one attached hydrogen (secondary N) is 1. The molecule has 0 saturated carbocycles. The number of halogens is 1. The van der Waals surface area contributed by atoms with Gasteiger partial charge in [0.1, 0.15) is 0 Å². The number of hydrogen-bond donors (Lipinski definition) is 1. The molecule has 1 amide bonds. The summed E-state index contributed by atoms with van der Waals surface area (Å²) in [5.74, 6) is -0.207. The number of benzene rings is 2. The predicted octanol–water partition coefficient (Wildman–Crippen LogP) is 3.91. The lowest BCUT2D eigenvalue weighted by Crippen LogP contribution is -2.19. The van der Waals surface area contributed by atoms with E-state index in [1.54, 1.807) is 12.1 Å². The second kappa shape index (κ2) is 6.48. The fourth-order valence-electron chi connectivity index (χ4n) is 1.66. The molecule has 0 aliphatic carbocycles. The van der Waals surface area contributed by atoms with Crippen LogP contribution in [0.4, 0.5) is 0 Å². The number of amides is 1. The summed E-state index contributed by atoms with van der Waals surface area (Å²) in [6.07, 6.45) is 0. The van der Waals surface area contributed by atoms with Crippen molar-refractivity contribution in [2.24, 2.45) is 5.10 Å². The number of hydrazone groups is 1. The fourth-order valence-corrected chi connectivity index (χ4v) is 1.92. The summed E-state index contributed by atoms with van der Waals surface area (Å²) >= 11 is 3.38. The zero-order valence-electron chi connectivity index (χ0n) is 11.4. The average Bonchev–Trinajstić information content (AvgIpc) is 2.46. The van der Waals surface area contributed by atoms with E-state index >= 15 is 0 Å². The van der Waals surface area contributed by atoms with Crippen molar-refractivity contribution < 1.29 is 4.79 Å². The van der Waals surface area contributed by atoms with Crippen molar-refractivity contribution in [2.75, 3.05) is 0 Å². The van der Waals surface area contributed by atoms with Crippen molar-refractivity contribution in [2.45, 2.75) is 13.8 Å². The molecule has 0 heterocycles. The van der Waals surface area contributed by atoms with Crippen molar-refractivity contribution in [3.05, 3.63) is 69.7 Å². The molecule has 0 saturated heterocycles. The molecule has 0 spiro atoms. The highest BCUT2D eigenvalue weighted by Gasteiger charge is 2.04. The van der Waals surface area contributed by atoms with E-state index < -0.39 is 0 Å². The molecule has 20 heavy (non-hydrogen) atoms. The van der Waals surface area contributed by atoms with Crippen molar-refractivity contribution in [1.82, 2.24) is 5.43 Å². The van der Waals surface area contributed by atoms with Crippen molar-refractivity contribution in [1.29, 1.82) is 0 Å². The lowest BCUT2D eigenvalue weighted by molar-refractivity contribution is 0.0955. The maximum absolute atomic E-state index is 11.9. The minimum absolute atomic E-state index is 0.207. The van der Waals surface area contributed by atoms with Gasteiger partial charge in [-0.15, -0.1) is 0 Å². The summed E-state index contributed by atoms with van der Waals surface area (Å²) in [4.78, 5) is 11.9. The molecule has 1 N–H and O–H groups in total. The summed E-state index contributed by atoms with van der Waals surface area (Å²) < 4.78 is 1.01. The first-order chi connectivity index (χ1) is 9.56. The van der Waals surface area contributed by atoms with Crippen LogP contribution in [0, 0.1) is 6.92 Å². The lowest BCUT2D eigenvalue weighted by Gasteiger charge is -2.03. The van der Waals surface area contributed by atoms with Gasteiger partial charge in [-0.2, -0.15) is 5.10 Å². The maximum atomic E-state index is 11.9. The molecule has 0 atom stereocenters. The van der Waals surface area contributed by atoms with E-state index in [4.69, 9.17) is 0 Å². The fraction of sp³-hybridized carbons (Fsp3) is 0.125. The van der Waals surface area contributed by atoms with Crippen LogP contribution in [-0.4, -0.2) is 11.6 Å². The van der Waals surface area contributed by atoms with Crippen LogP contribution in [-0.2, 0) is 0 Å². The minimum Gasteiger partial charge on any atom is -0.267 e. The number of carbonyl (C=O) groups is 1. The van der Waals surface area contributed by atoms with Crippen LogP contribution in [0.5, 0.6) is 0 Å². The van der Waals surface area contributed by atoms with Crippen LogP contribution >= 0.6 is 15.9 Å². The van der Waals surface area contributed by atoms with Crippen molar-refractivity contribution in [3.8, 4) is 0 Å². The van der Waals surface area contributed by atoms with E-state index in [0.717, 1.165) is 21.3 Å². The van der Waals surface area contributed by atoms with Crippen LogP contribution in [0.2, 0.25) is 0 Å². The molecule has 0 bridgehead atoms.